The summed E-state index contributed by atoms with van der Waals surface area (Å²) in [5.41, 5.74) is 0. The predicted octanol–water partition coefficient (Wildman–Crippen LogP) is 0.961. The van der Waals surface area contributed by atoms with E-state index in [-0.39, 0.29) is 19.1 Å². The Morgan fingerprint density at radius 1 is 1.07 bits per heavy atom. The van der Waals surface area contributed by atoms with Crippen LogP contribution < -0.4 is 0 Å². The number of aliphatic hydroxyl groups is 1. The van der Waals surface area contributed by atoms with E-state index in [0.29, 0.717) is 0 Å². The average molecular weight is 218 g/mol. The Bertz CT molecular complexity index is 154. The average Bonchev–Trinajstić information content (AvgIpc) is 2.17. The molecule has 0 radical (unpaired) electrons. The third kappa shape index (κ3) is 6.84. The molecule has 4 heteroatoms. The monoisotopic (exact) mass is 218 g/mol. The van der Waals surface area contributed by atoms with Gasteiger partial charge in [-0.25, -0.2) is 0 Å². The van der Waals surface area contributed by atoms with E-state index in [9.17, 15) is 0 Å². The zero-order valence-electron chi connectivity index (χ0n) is 10.7. The van der Waals surface area contributed by atoms with Crippen molar-refractivity contribution >= 4 is 0 Å². The van der Waals surface area contributed by atoms with Crippen molar-refractivity contribution in [3.8, 4) is 0 Å². The van der Waals surface area contributed by atoms with Crippen LogP contribution in [0.2, 0.25) is 0 Å². The molecule has 0 heterocycles. The molecule has 0 aromatic heterocycles. The molecular weight excluding hydrogens is 192 g/mol. The van der Waals surface area contributed by atoms with Crippen molar-refractivity contribution in [1.29, 1.82) is 0 Å². The van der Waals surface area contributed by atoms with Gasteiger partial charge in [0.15, 0.2) is 0 Å². The van der Waals surface area contributed by atoms with Gasteiger partial charge in [-0.3, -0.25) is 9.80 Å². The topological polar surface area (TPSA) is 35.9 Å². The molecule has 1 N–H and O–H groups in total. The molecular formula is C11H26N2O2. The molecule has 0 rings (SSSR count). The number of nitrogens with zero attached hydrogens (tertiary/aromatic N) is 2. The highest BCUT2D eigenvalue weighted by atomic mass is 16.5. The summed E-state index contributed by atoms with van der Waals surface area (Å²) in [7, 11) is 6.05. The van der Waals surface area contributed by atoms with E-state index in [1.54, 1.807) is 0 Å². The first-order valence-corrected chi connectivity index (χ1v) is 5.62. The number of aliphatic hydroxyl groups excluding tert-OH is 1. The van der Waals surface area contributed by atoms with Gasteiger partial charge in [-0.1, -0.05) is 0 Å². The Morgan fingerprint density at radius 3 is 2.13 bits per heavy atom. The Balaban J connectivity index is 3.72. The SMILES string of the molecule is CC(OC(C)N(C)CCCCO)N(C)C. The second-order valence-corrected chi connectivity index (χ2v) is 4.21. The van der Waals surface area contributed by atoms with Gasteiger partial charge in [-0.15, -0.1) is 0 Å². The Morgan fingerprint density at radius 2 is 1.67 bits per heavy atom. The highest BCUT2D eigenvalue weighted by Gasteiger charge is 2.13. The maximum absolute atomic E-state index is 8.68. The highest BCUT2D eigenvalue weighted by Crippen LogP contribution is 2.05. The molecule has 4 nitrogen and oxygen atoms in total. The minimum atomic E-state index is 0.112. The molecule has 15 heavy (non-hydrogen) atoms. The molecule has 2 atom stereocenters. The number of rotatable bonds is 8. The normalized spacial score (nSPS) is 16.0. The number of ether oxygens (including phenoxy) is 1. The predicted molar refractivity (Wildman–Crippen MR) is 62.6 cm³/mol. The van der Waals surface area contributed by atoms with Gasteiger partial charge in [-0.2, -0.15) is 0 Å². The molecule has 0 amide bonds. The fourth-order valence-corrected chi connectivity index (χ4v) is 1.17. The zero-order valence-corrected chi connectivity index (χ0v) is 10.7. The summed E-state index contributed by atoms with van der Waals surface area (Å²) in [4.78, 5) is 4.20. The lowest BCUT2D eigenvalue weighted by Crippen LogP contribution is -2.39. The first-order chi connectivity index (χ1) is 6.99. The molecule has 0 saturated heterocycles. The Kier molecular flexibility index (Phi) is 7.96. The van der Waals surface area contributed by atoms with Crippen LogP contribution in [0.3, 0.4) is 0 Å². The maximum atomic E-state index is 8.68. The second-order valence-electron chi connectivity index (χ2n) is 4.21. The summed E-state index contributed by atoms with van der Waals surface area (Å²) in [5, 5.41) is 8.68. The van der Waals surface area contributed by atoms with Gasteiger partial charge >= 0.3 is 0 Å². The molecule has 0 aromatic rings. The van der Waals surface area contributed by atoms with Crippen LogP contribution in [0.15, 0.2) is 0 Å². The first kappa shape index (κ1) is 14.8. The minimum Gasteiger partial charge on any atom is -0.396 e. The lowest BCUT2D eigenvalue weighted by molar-refractivity contribution is -0.120. The van der Waals surface area contributed by atoms with E-state index in [4.69, 9.17) is 9.84 Å². The van der Waals surface area contributed by atoms with Crippen LogP contribution >= 0.6 is 0 Å². The first-order valence-electron chi connectivity index (χ1n) is 5.62. The molecule has 0 aromatic carbocycles. The smallest absolute Gasteiger partial charge is 0.109 e. The largest absolute Gasteiger partial charge is 0.396 e. The summed E-state index contributed by atoms with van der Waals surface area (Å²) < 4.78 is 5.79. The summed E-state index contributed by atoms with van der Waals surface area (Å²) in [6.07, 6.45) is 2.11. The van der Waals surface area contributed by atoms with Crippen LogP contribution in [0.1, 0.15) is 26.7 Å². The fourth-order valence-electron chi connectivity index (χ4n) is 1.17. The molecule has 0 fully saturated rings. The van der Waals surface area contributed by atoms with Crippen LogP contribution in [0, 0.1) is 0 Å². The second kappa shape index (κ2) is 8.05. The van der Waals surface area contributed by atoms with Gasteiger partial charge in [0.1, 0.15) is 12.5 Å². The van der Waals surface area contributed by atoms with Gasteiger partial charge in [0.25, 0.3) is 0 Å². The highest BCUT2D eigenvalue weighted by molar-refractivity contribution is 4.56. The van der Waals surface area contributed by atoms with E-state index >= 15 is 0 Å². The Labute approximate surface area is 93.8 Å². The van der Waals surface area contributed by atoms with Crippen LogP contribution in [0.4, 0.5) is 0 Å². The third-order valence-electron chi connectivity index (χ3n) is 2.66. The third-order valence-corrected chi connectivity index (χ3v) is 2.66. The lowest BCUT2D eigenvalue weighted by atomic mass is 10.3. The standard InChI is InChI=1S/C11H26N2O2/c1-10(12(3)4)15-11(2)13(5)8-6-7-9-14/h10-11,14H,6-9H2,1-5H3. The molecule has 0 aliphatic rings. The summed E-state index contributed by atoms with van der Waals surface area (Å²) in [6.45, 7) is 5.33. The van der Waals surface area contributed by atoms with Crippen LogP contribution in [0.5, 0.6) is 0 Å². The van der Waals surface area contributed by atoms with Gasteiger partial charge in [0.2, 0.25) is 0 Å². The maximum Gasteiger partial charge on any atom is 0.109 e. The van der Waals surface area contributed by atoms with Gasteiger partial charge in [-0.05, 0) is 47.8 Å². The summed E-state index contributed by atoms with van der Waals surface area (Å²) >= 11 is 0. The van der Waals surface area contributed by atoms with Gasteiger partial charge < -0.3 is 9.84 Å². The summed E-state index contributed by atoms with van der Waals surface area (Å²) in [5.74, 6) is 0. The quantitative estimate of drug-likeness (QED) is 0.486. The molecule has 0 aliphatic carbocycles. The molecule has 0 spiro atoms. The Hall–Kier alpha value is -0.160. The number of hydrogen-bond donors (Lipinski definition) is 1. The molecule has 2 unspecified atom stereocenters. The van der Waals surface area contributed by atoms with E-state index in [0.717, 1.165) is 19.4 Å². The van der Waals surface area contributed by atoms with Crippen LogP contribution in [-0.2, 0) is 4.74 Å². The van der Waals surface area contributed by atoms with E-state index in [2.05, 4.69) is 11.8 Å². The van der Waals surface area contributed by atoms with Gasteiger partial charge in [0, 0.05) is 13.2 Å². The lowest BCUT2D eigenvalue weighted by Gasteiger charge is -2.30. The minimum absolute atomic E-state index is 0.112. The molecule has 92 valence electrons. The number of unbranched alkanes of at least 4 members (excludes halogenated alkanes) is 1. The van der Waals surface area contributed by atoms with Crippen molar-refractivity contribution in [2.24, 2.45) is 0 Å². The van der Waals surface area contributed by atoms with E-state index in [1.165, 1.54) is 0 Å². The van der Waals surface area contributed by atoms with Crippen molar-refractivity contribution in [3.63, 3.8) is 0 Å². The van der Waals surface area contributed by atoms with Crippen molar-refractivity contribution in [1.82, 2.24) is 9.80 Å². The summed E-state index contributed by atoms with van der Waals surface area (Å²) in [6, 6.07) is 0. The van der Waals surface area contributed by atoms with E-state index < -0.39 is 0 Å². The molecule has 0 aliphatic heterocycles. The zero-order chi connectivity index (χ0) is 11.8. The van der Waals surface area contributed by atoms with Crippen molar-refractivity contribution in [2.75, 3.05) is 34.3 Å². The number of hydrogen-bond acceptors (Lipinski definition) is 4. The van der Waals surface area contributed by atoms with Crippen molar-refractivity contribution in [2.45, 2.75) is 39.1 Å². The fraction of sp³-hybridized carbons (Fsp3) is 1.00. The van der Waals surface area contributed by atoms with Crippen LogP contribution in [-0.4, -0.2) is 61.7 Å². The van der Waals surface area contributed by atoms with E-state index in [1.807, 2.05) is 33.0 Å². The van der Waals surface area contributed by atoms with Gasteiger partial charge in [0.05, 0.1) is 0 Å². The molecule has 0 bridgehead atoms. The van der Waals surface area contributed by atoms with Crippen LogP contribution in [0.25, 0.3) is 0 Å². The van der Waals surface area contributed by atoms with Crippen molar-refractivity contribution < 1.29 is 9.84 Å². The van der Waals surface area contributed by atoms with Crippen molar-refractivity contribution in [3.05, 3.63) is 0 Å². The molecule has 0 saturated carbocycles.